The van der Waals surface area contributed by atoms with E-state index in [0.717, 1.165) is 0 Å². The van der Waals surface area contributed by atoms with E-state index in [9.17, 15) is 9.59 Å². The Hall–Kier alpha value is -2.11. The molecule has 74 valence electrons. The van der Waals surface area contributed by atoms with Gasteiger partial charge in [0.25, 0.3) is 5.91 Å². The Bertz CT molecular complexity index is 365. The van der Waals surface area contributed by atoms with Crippen molar-refractivity contribution in [2.75, 3.05) is 11.9 Å². The smallest absolute Gasteiger partial charge is 0.322 e. The fourth-order valence-corrected chi connectivity index (χ4v) is 0.837. The van der Waals surface area contributed by atoms with E-state index < -0.39 is 11.9 Å². The minimum absolute atomic E-state index is 0.0976. The van der Waals surface area contributed by atoms with Gasteiger partial charge in [-0.15, -0.1) is 0 Å². The number of nitrogens with one attached hydrogen (secondary N) is 1. The van der Waals surface area contributed by atoms with Crippen LogP contribution in [-0.2, 0) is 4.79 Å². The van der Waals surface area contributed by atoms with Gasteiger partial charge in [0.05, 0.1) is 0 Å². The predicted molar refractivity (Wildman–Crippen MR) is 48.9 cm³/mol. The first-order chi connectivity index (χ1) is 6.59. The van der Waals surface area contributed by atoms with Crippen LogP contribution in [0.4, 0.5) is 5.82 Å². The van der Waals surface area contributed by atoms with Crippen molar-refractivity contribution < 1.29 is 14.7 Å². The molecule has 1 aromatic rings. The summed E-state index contributed by atoms with van der Waals surface area (Å²) in [5, 5.41) is 10.9. The van der Waals surface area contributed by atoms with Crippen LogP contribution < -0.4 is 11.1 Å². The van der Waals surface area contributed by atoms with Gasteiger partial charge in [0.15, 0.2) is 0 Å². The van der Waals surface area contributed by atoms with Gasteiger partial charge in [-0.25, -0.2) is 4.98 Å². The molecule has 0 saturated carbocycles. The molecule has 0 fully saturated rings. The van der Waals surface area contributed by atoms with Gasteiger partial charge < -0.3 is 16.2 Å². The summed E-state index contributed by atoms with van der Waals surface area (Å²) >= 11 is 0. The van der Waals surface area contributed by atoms with Crippen LogP contribution in [-0.4, -0.2) is 28.5 Å². The first-order valence-corrected chi connectivity index (χ1v) is 3.82. The minimum Gasteiger partial charge on any atom is -0.480 e. The van der Waals surface area contributed by atoms with Crippen LogP contribution >= 0.6 is 0 Å². The average Bonchev–Trinajstić information content (AvgIpc) is 2.15. The fraction of sp³-hybridized carbons (Fsp3) is 0.125. The van der Waals surface area contributed by atoms with Crippen LogP contribution in [0.15, 0.2) is 18.2 Å². The van der Waals surface area contributed by atoms with Crippen molar-refractivity contribution in [3.63, 3.8) is 0 Å². The highest BCUT2D eigenvalue weighted by molar-refractivity contribution is 5.91. The van der Waals surface area contributed by atoms with Crippen LogP contribution in [0, 0.1) is 0 Å². The number of anilines is 1. The number of amides is 1. The molecule has 6 nitrogen and oxygen atoms in total. The molecule has 1 aromatic heterocycles. The third-order valence-corrected chi connectivity index (χ3v) is 1.42. The van der Waals surface area contributed by atoms with Crippen LogP contribution in [0.2, 0.25) is 0 Å². The second kappa shape index (κ2) is 4.22. The SMILES string of the molecule is NC(=O)c1cccc(NCC(=O)O)n1. The molecule has 0 unspecified atom stereocenters. The molecule has 0 spiro atoms. The van der Waals surface area contributed by atoms with Crippen molar-refractivity contribution in [3.8, 4) is 0 Å². The molecule has 0 aliphatic heterocycles. The summed E-state index contributed by atoms with van der Waals surface area (Å²) in [6.07, 6.45) is 0. The summed E-state index contributed by atoms with van der Waals surface area (Å²) < 4.78 is 0. The van der Waals surface area contributed by atoms with Gasteiger partial charge in [-0.05, 0) is 12.1 Å². The zero-order valence-electron chi connectivity index (χ0n) is 7.23. The topological polar surface area (TPSA) is 105 Å². The summed E-state index contributed by atoms with van der Waals surface area (Å²) in [7, 11) is 0. The first-order valence-electron chi connectivity index (χ1n) is 3.82. The van der Waals surface area contributed by atoms with Gasteiger partial charge in [0.2, 0.25) is 0 Å². The van der Waals surface area contributed by atoms with Crippen LogP contribution in [0.25, 0.3) is 0 Å². The van der Waals surface area contributed by atoms with Gasteiger partial charge in [-0.1, -0.05) is 6.07 Å². The summed E-state index contributed by atoms with van der Waals surface area (Å²) in [6, 6.07) is 4.57. The lowest BCUT2D eigenvalue weighted by Crippen LogP contribution is -2.16. The van der Waals surface area contributed by atoms with Gasteiger partial charge in [-0.2, -0.15) is 0 Å². The lowest BCUT2D eigenvalue weighted by atomic mass is 10.3. The molecule has 0 bridgehead atoms. The number of carbonyl (C=O) groups is 2. The summed E-state index contributed by atoms with van der Waals surface area (Å²) in [5.74, 6) is -1.34. The molecule has 0 aliphatic rings. The van der Waals surface area contributed by atoms with Crippen molar-refractivity contribution in [3.05, 3.63) is 23.9 Å². The van der Waals surface area contributed by atoms with Crippen LogP contribution in [0.5, 0.6) is 0 Å². The van der Waals surface area contributed by atoms with E-state index in [2.05, 4.69) is 10.3 Å². The number of carboxylic acids is 1. The van der Waals surface area contributed by atoms with E-state index in [1.165, 1.54) is 6.07 Å². The Kier molecular flexibility index (Phi) is 3.01. The van der Waals surface area contributed by atoms with Crippen molar-refractivity contribution in [2.45, 2.75) is 0 Å². The third-order valence-electron chi connectivity index (χ3n) is 1.42. The lowest BCUT2D eigenvalue weighted by Gasteiger charge is -2.02. The number of carbonyl (C=O) groups excluding carboxylic acids is 1. The maximum Gasteiger partial charge on any atom is 0.322 e. The number of carboxylic acid groups (broad SMARTS) is 1. The molecule has 1 amide bonds. The molecular weight excluding hydrogens is 186 g/mol. The number of aromatic nitrogens is 1. The largest absolute Gasteiger partial charge is 0.480 e. The Morgan fingerprint density at radius 2 is 2.21 bits per heavy atom. The fourth-order valence-electron chi connectivity index (χ4n) is 0.837. The first kappa shape index (κ1) is 9.97. The number of pyridine rings is 1. The van der Waals surface area contributed by atoms with Gasteiger partial charge in [0, 0.05) is 0 Å². The standard InChI is InChI=1S/C8H9N3O3/c9-8(14)5-2-1-3-6(11-5)10-4-7(12)13/h1-3H,4H2,(H2,9,14)(H,10,11)(H,12,13). The molecule has 0 aromatic carbocycles. The molecule has 0 radical (unpaired) electrons. The summed E-state index contributed by atoms with van der Waals surface area (Å²) in [5.41, 5.74) is 5.09. The number of aliphatic carboxylic acids is 1. The molecule has 6 heteroatoms. The summed E-state index contributed by atoms with van der Waals surface area (Å²) in [4.78, 5) is 24.7. The molecule has 0 atom stereocenters. The summed E-state index contributed by atoms with van der Waals surface area (Å²) in [6.45, 7) is -0.255. The van der Waals surface area contributed by atoms with E-state index >= 15 is 0 Å². The van der Waals surface area contributed by atoms with Gasteiger partial charge >= 0.3 is 5.97 Å². The van der Waals surface area contributed by atoms with Crippen molar-refractivity contribution in [1.82, 2.24) is 4.98 Å². The molecule has 0 aliphatic carbocycles. The molecular formula is C8H9N3O3. The van der Waals surface area contributed by atoms with Crippen molar-refractivity contribution in [2.24, 2.45) is 5.73 Å². The third kappa shape index (κ3) is 2.74. The predicted octanol–water partition coefficient (Wildman–Crippen LogP) is -0.323. The van der Waals surface area contributed by atoms with E-state index in [0.29, 0.717) is 5.82 Å². The Labute approximate surface area is 79.8 Å². The van der Waals surface area contributed by atoms with Crippen molar-refractivity contribution in [1.29, 1.82) is 0 Å². The second-order valence-electron chi connectivity index (χ2n) is 2.52. The quantitative estimate of drug-likeness (QED) is 0.610. The Morgan fingerprint density at radius 1 is 1.50 bits per heavy atom. The second-order valence-corrected chi connectivity index (χ2v) is 2.52. The number of hydrogen-bond donors (Lipinski definition) is 3. The number of rotatable bonds is 4. The number of primary amides is 1. The lowest BCUT2D eigenvalue weighted by molar-refractivity contribution is -0.134. The maximum atomic E-state index is 10.7. The Balaban J connectivity index is 2.73. The zero-order valence-corrected chi connectivity index (χ0v) is 7.23. The molecule has 14 heavy (non-hydrogen) atoms. The molecule has 0 saturated heterocycles. The highest BCUT2D eigenvalue weighted by Crippen LogP contribution is 2.03. The molecule has 4 N–H and O–H groups in total. The Morgan fingerprint density at radius 3 is 2.79 bits per heavy atom. The van der Waals surface area contributed by atoms with E-state index in [1.807, 2.05) is 0 Å². The normalized spacial score (nSPS) is 9.43. The zero-order chi connectivity index (χ0) is 10.6. The maximum absolute atomic E-state index is 10.7. The van der Waals surface area contributed by atoms with Gasteiger partial charge in [0.1, 0.15) is 18.1 Å². The van der Waals surface area contributed by atoms with Gasteiger partial charge in [-0.3, -0.25) is 9.59 Å². The van der Waals surface area contributed by atoms with Crippen LogP contribution in [0.3, 0.4) is 0 Å². The monoisotopic (exact) mass is 195 g/mol. The minimum atomic E-state index is -1.00. The van der Waals surface area contributed by atoms with Crippen molar-refractivity contribution >= 4 is 17.7 Å². The highest BCUT2D eigenvalue weighted by atomic mass is 16.4. The number of nitrogens with two attached hydrogens (primary N) is 1. The van der Waals surface area contributed by atoms with E-state index in [4.69, 9.17) is 10.8 Å². The molecule has 1 heterocycles. The average molecular weight is 195 g/mol. The number of hydrogen-bond acceptors (Lipinski definition) is 4. The van der Waals surface area contributed by atoms with E-state index in [1.54, 1.807) is 12.1 Å². The highest BCUT2D eigenvalue weighted by Gasteiger charge is 2.03. The molecule has 1 rings (SSSR count). The van der Waals surface area contributed by atoms with E-state index in [-0.39, 0.29) is 12.2 Å². The van der Waals surface area contributed by atoms with Crippen LogP contribution in [0.1, 0.15) is 10.5 Å². The number of nitrogens with zero attached hydrogens (tertiary/aromatic N) is 1.